The minimum atomic E-state index is -4.59. The van der Waals surface area contributed by atoms with E-state index in [1.807, 2.05) is 27.2 Å². The maximum Gasteiger partial charge on any atom is 0.268 e. The van der Waals surface area contributed by atoms with Gasteiger partial charge in [0.15, 0.2) is 0 Å². The monoisotopic (exact) mass is 743 g/mol. The van der Waals surface area contributed by atoms with E-state index in [-0.39, 0.29) is 19.1 Å². The number of quaternary nitrogens is 1. The van der Waals surface area contributed by atoms with Gasteiger partial charge in [-0.25, -0.2) is 0 Å². The second-order valence-electron chi connectivity index (χ2n) is 15.7. The summed E-state index contributed by atoms with van der Waals surface area (Å²) in [6.07, 6.45) is 39.3. The molecule has 8 nitrogen and oxygen atoms in total. The molecule has 0 bridgehead atoms. The first-order valence-electron chi connectivity index (χ1n) is 21.2. The van der Waals surface area contributed by atoms with Crippen LogP contribution in [0.15, 0.2) is 24.3 Å². The third-order valence-electron chi connectivity index (χ3n) is 9.41. The maximum absolute atomic E-state index is 12.8. The average Bonchev–Trinajstić information content (AvgIpc) is 3.07. The lowest BCUT2D eigenvalue weighted by Gasteiger charge is -2.29. The van der Waals surface area contributed by atoms with Crippen molar-refractivity contribution >= 4 is 13.7 Å². The Kier molecular flexibility index (Phi) is 34.0. The van der Waals surface area contributed by atoms with Gasteiger partial charge in [-0.05, 0) is 32.1 Å². The molecule has 0 aliphatic carbocycles. The molecule has 0 rings (SSSR count). The van der Waals surface area contributed by atoms with Crippen molar-refractivity contribution in [1.82, 2.24) is 5.32 Å². The van der Waals surface area contributed by atoms with E-state index >= 15 is 0 Å². The Morgan fingerprint density at radius 3 is 1.59 bits per heavy atom. The number of carbonyl (C=O) groups is 1. The molecule has 0 radical (unpaired) electrons. The largest absolute Gasteiger partial charge is 0.756 e. The average molecular weight is 743 g/mol. The van der Waals surface area contributed by atoms with Crippen molar-refractivity contribution in [3.05, 3.63) is 24.3 Å². The van der Waals surface area contributed by atoms with E-state index in [2.05, 4.69) is 31.3 Å². The van der Waals surface area contributed by atoms with Gasteiger partial charge in [0.1, 0.15) is 13.2 Å². The number of unbranched alkanes of at least 4 members (excludes halogenated alkanes) is 23. The quantitative estimate of drug-likeness (QED) is 0.0282. The number of nitrogens with zero attached hydrogens (tertiary/aromatic N) is 1. The SMILES string of the molecule is CCCCCCCCCC/C=C/CC/C=C/C(O)C(COP(=O)([O-])OCC[N+](C)(C)C)NC(=O)CCCCCCCCCCCCCCCCC. The molecule has 0 aromatic rings. The lowest BCUT2D eigenvalue weighted by molar-refractivity contribution is -0.870. The van der Waals surface area contributed by atoms with Crippen LogP contribution in [0.2, 0.25) is 0 Å². The Morgan fingerprint density at radius 1 is 0.667 bits per heavy atom. The number of aliphatic hydroxyl groups excluding tert-OH is 1. The van der Waals surface area contributed by atoms with Crippen LogP contribution in [0.5, 0.6) is 0 Å². The zero-order chi connectivity index (χ0) is 37.9. The molecule has 2 N–H and O–H groups in total. The number of phosphoric acid groups is 1. The summed E-state index contributed by atoms with van der Waals surface area (Å²) in [7, 11) is 1.25. The molecule has 0 aliphatic rings. The van der Waals surface area contributed by atoms with Gasteiger partial charge in [-0.1, -0.05) is 173 Å². The number of allylic oxidation sites excluding steroid dienone is 3. The van der Waals surface area contributed by atoms with E-state index in [1.54, 1.807) is 6.08 Å². The van der Waals surface area contributed by atoms with Gasteiger partial charge in [0.05, 0.1) is 39.9 Å². The number of amides is 1. The minimum absolute atomic E-state index is 0.00445. The Bertz CT molecular complexity index is 891. The third kappa shape index (κ3) is 37.1. The molecule has 3 unspecified atom stereocenters. The van der Waals surface area contributed by atoms with Crippen LogP contribution >= 0.6 is 7.82 Å². The standard InChI is InChI=1S/C42H83N2O6P/c1-6-8-10-12-14-16-18-20-22-24-26-28-30-32-34-36-42(46)43-40(39-50-51(47,48)49-38-37-44(3,4)5)41(45)35-33-31-29-27-25-23-21-19-17-15-13-11-9-7-2/h25,27,33,35,40-41,45H,6-24,26,28-32,34,36-39H2,1-5H3,(H-,43,46,47,48)/b27-25+,35-33+. The van der Waals surface area contributed by atoms with Crippen molar-refractivity contribution in [1.29, 1.82) is 0 Å². The van der Waals surface area contributed by atoms with E-state index < -0.39 is 20.0 Å². The number of carbonyl (C=O) groups excluding carboxylic acids is 1. The molecule has 1 amide bonds. The van der Waals surface area contributed by atoms with Crippen LogP contribution in [0, 0.1) is 0 Å². The van der Waals surface area contributed by atoms with Crippen molar-refractivity contribution in [2.24, 2.45) is 0 Å². The fraction of sp³-hybridized carbons (Fsp3) is 0.881. The van der Waals surface area contributed by atoms with Crippen LogP contribution < -0.4 is 10.2 Å². The van der Waals surface area contributed by atoms with Crippen molar-refractivity contribution in [3.63, 3.8) is 0 Å². The van der Waals surface area contributed by atoms with Crippen LogP contribution in [-0.2, 0) is 18.4 Å². The van der Waals surface area contributed by atoms with Gasteiger partial charge in [0.25, 0.3) is 7.82 Å². The van der Waals surface area contributed by atoms with Gasteiger partial charge >= 0.3 is 0 Å². The number of aliphatic hydroxyl groups is 1. The topological polar surface area (TPSA) is 108 Å². The molecule has 0 aromatic carbocycles. The fourth-order valence-electron chi connectivity index (χ4n) is 5.99. The summed E-state index contributed by atoms with van der Waals surface area (Å²) in [5.41, 5.74) is 0. The Hall–Kier alpha value is -1.02. The molecular weight excluding hydrogens is 659 g/mol. The predicted octanol–water partition coefficient (Wildman–Crippen LogP) is 10.7. The number of rotatable bonds is 38. The lowest BCUT2D eigenvalue weighted by Crippen LogP contribution is -2.45. The van der Waals surface area contributed by atoms with Crippen molar-refractivity contribution < 1.29 is 32.9 Å². The molecule has 51 heavy (non-hydrogen) atoms. The number of likely N-dealkylation sites (N-methyl/N-ethyl adjacent to an activating group) is 1. The first-order valence-corrected chi connectivity index (χ1v) is 22.7. The maximum atomic E-state index is 12.8. The molecule has 0 heterocycles. The van der Waals surface area contributed by atoms with E-state index in [0.717, 1.165) is 38.5 Å². The predicted molar refractivity (Wildman–Crippen MR) is 215 cm³/mol. The van der Waals surface area contributed by atoms with Crippen molar-refractivity contribution in [3.8, 4) is 0 Å². The normalized spacial score (nSPS) is 14.7. The van der Waals surface area contributed by atoms with Gasteiger partial charge in [-0.2, -0.15) is 0 Å². The molecule has 9 heteroatoms. The molecule has 302 valence electrons. The van der Waals surface area contributed by atoms with Crippen LogP contribution in [-0.4, -0.2) is 68.5 Å². The summed E-state index contributed by atoms with van der Waals surface area (Å²) in [5, 5.41) is 13.7. The lowest BCUT2D eigenvalue weighted by atomic mass is 10.0. The van der Waals surface area contributed by atoms with Crippen molar-refractivity contribution in [2.45, 2.75) is 199 Å². The zero-order valence-corrected chi connectivity index (χ0v) is 35.0. The Morgan fingerprint density at radius 2 is 1.10 bits per heavy atom. The highest BCUT2D eigenvalue weighted by Gasteiger charge is 2.23. The summed E-state index contributed by atoms with van der Waals surface area (Å²) in [6.45, 7) is 4.61. The molecule has 3 atom stereocenters. The van der Waals surface area contributed by atoms with E-state index in [1.165, 1.54) is 128 Å². The zero-order valence-electron chi connectivity index (χ0n) is 34.1. The molecular formula is C42H83N2O6P. The first kappa shape index (κ1) is 50.0. The smallest absolute Gasteiger partial charge is 0.268 e. The van der Waals surface area contributed by atoms with Crippen LogP contribution in [0.4, 0.5) is 0 Å². The number of phosphoric ester groups is 1. The highest BCUT2D eigenvalue weighted by atomic mass is 31.2. The highest BCUT2D eigenvalue weighted by molar-refractivity contribution is 7.45. The Balaban J connectivity index is 4.50. The van der Waals surface area contributed by atoms with Gasteiger partial charge in [0.2, 0.25) is 5.91 Å². The van der Waals surface area contributed by atoms with E-state index in [0.29, 0.717) is 17.4 Å². The highest BCUT2D eigenvalue weighted by Crippen LogP contribution is 2.38. The van der Waals surface area contributed by atoms with Gasteiger partial charge in [-0.3, -0.25) is 9.36 Å². The minimum Gasteiger partial charge on any atom is -0.756 e. The second kappa shape index (κ2) is 34.7. The fourth-order valence-corrected chi connectivity index (χ4v) is 6.71. The molecule has 0 aliphatic heterocycles. The molecule has 0 fully saturated rings. The summed E-state index contributed by atoms with van der Waals surface area (Å²) >= 11 is 0. The molecule has 0 saturated carbocycles. The molecule has 0 spiro atoms. The van der Waals surface area contributed by atoms with Gasteiger partial charge in [0, 0.05) is 6.42 Å². The van der Waals surface area contributed by atoms with Crippen molar-refractivity contribution in [2.75, 3.05) is 40.9 Å². The first-order chi connectivity index (χ1) is 24.5. The van der Waals surface area contributed by atoms with Crippen LogP contribution in [0.1, 0.15) is 187 Å². The molecule has 0 saturated heterocycles. The summed E-state index contributed by atoms with van der Waals surface area (Å²) in [4.78, 5) is 25.2. The summed E-state index contributed by atoms with van der Waals surface area (Å²) in [6, 6.07) is -0.896. The van der Waals surface area contributed by atoms with Crippen LogP contribution in [0.3, 0.4) is 0 Å². The number of hydrogen-bond acceptors (Lipinski definition) is 6. The molecule has 0 aromatic heterocycles. The van der Waals surface area contributed by atoms with Crippen LogP contribution in [0.25, 0.3) is 0 Å². The van der Waals surface area contributed by atoms with E-state index in [9.17, 15) is 19.4 Å². The van der Waals surface area contributed by atoms with E-state index in [4.69, 9.17) is 9.05 Å². The summed E-state index contributed by atoms with van der Waals surface area (Å²) in [5.74, 6) is -0.207. The number of hydrogen-bond donors (Lipinski definition) is 2. The Labute approximate surface area is 315 Å². The van der Waals surface area contributed by atoms with Gasteiger partial charge in [-0.15, -0.1) is 0 Å². The summed E-state index contributed by atoms with van der Waals surface area (Å²) < 4.78 is 23.1. The number of nitrogens with one attached hydrogen (secondary N) is 1. The van der Waals surface area contributed by atoms with Gasteiger partial charge < -0.3 is 28.8 Å². The second-order valence-corrected chi connectivity index (χ2v) is 17.1. The third-order valence-corrected chi connectivity index (χ3v) is 10.4.